The number of piperidine rings is 1. The number of aromatic nitrogens is 2. The van der Waals surface area contributed by atoms with Crippen LogP contribution in [-0.2, 0) is 13.6 Å². The molecule has 136 valence electrons. The molecule has 5 rings (SSSR count). The van der Waals surface area contributed by atoms with Gasteiger partial charge in [-0.3, -0.25) is 9.89 Å². The number of imidazole rings is 1. The number of anilines is 1. The van der Waals surface area contributed by atoms with Crippen molar-refractivity contribution in [3.63, 3.8) is 0 Å². The van der Waals surface area contributed by atoms with E-state index in [1.165, 1.54) is 5.56 Å². The Morgan fingerprint density at radius 1 is 1.23 bits per heavy atom. The highest BCUT2D eigenvalue weighted by molar-refractivity contribution is 6.31. The Balaban J connectivity index is 1.39. The van der Waals surface area contributed by atoms with Gasteiger partial charge < -0.3 is 14.8 Å². The Morgan fingerprint density at radius 3 is 2.85 bits per heavy atom. The highest BCUT2D eigenvalue weighted by Crippen LogP contribution is 2.40. The molecular weight excluding hydrogens is 348 g/mol. The molecule has 1 aromatic carbocycles. The first-order valence-electron chi connectivity index (χ1n) is 9.23. The van der Waals surface area contributed by atoms with E-state index in [0.29, 0.717) is 0 Å². The maximum Gasteiger partial charge on any atom is 0.134 e. The van der Waals surface area contributed by atoms with Crippen molar-refractivity contribution in [2.75, 3.05) is 31.5 Å². The average molecular weight is 371 g/mol. The number of nitrogens with one attached hydrogen (secondary N) is 1. The van der Waals surface area contributed by atoms with Crippen molar-refractivity contribution in [1.82, 2.24) is 19.4 Å². The predicted octanol–water partition coefficient (Wildman–Crippen LogP) is 2.55. The summed E-state index contributed by atoms with van der Waals surface area (Å²) in [7, 11) is 2.06. The Labute approximate surface area is 158 Å². The highest BCUT2D eigenvalue weighted by Gasteiger charge is 2.46. The minimum Gasteiger partial charge on any atom is -0.362 e. The number of likely N-dealkylation sites (tertiary alicyclic amines) is 1. The molecule has 2 aromatic rings. The minimum atomic E-state index is -0.0504. The summed E-state index contributed by atoms with van der Waals surface area (Å²) in [4.78, 5) is 14.3. The molecule has 0 radical (unpaired) electrons. The number of fused-ring (bicyclic) bond motifs is 4. The van der Waals surface area contributed by atoms with E-state index in [4.69, 9.17) is 16.6 Å². The van der Waals surface area contributed by atoms with Crippen LogP contribution in [0.25, 0.3) is 0 Å². The van der Waals surface area contributed by atoms with Crippen LogP contribution in [0.4, 0.5) is 5.69 Å². The van der Waals surface area contributed by atoms with Gasteiger partial charge in [0.05, 0.1) is 13.1 Å². The molecule has 3 aliphatic rings. The monoisotopic (exact) mass is 370 g/mol. The standard InChI is InChI=1S/C19H23ClN6/c1-24-10-6-21-17(24)13-25-8-4-19(5-9-25)23-16-12-14(20)2-3-15(16)18-22-7-11-26(18)19/h2-3,6,10,12,23H,4-5,7-9,11,13H2,1H3. The van der Waals surface area contributed by atoms with Gasteiger partial charge in [0, 0.05) is 68.2 Å². The normalized spacial score (nSPS) is 21.3. The maximum absolute atomic E-state index is 6.25. The van der Waals surface area contributed by atoms with Crippen LogP contribution >= 0.6 is 11.6 Å². The molecule has 0 bridgehead atoms. The summed E-state index contributed by atoms with van der Waals surface area (Å²) in [5, 5.41) is 4.60. The van der Waals surface area contributed by atoms with Gasteiger partial charge in [0.2, 0.25) is 0 Å². The van der Waals surface area contributed by atoms with E-state index >= 15 is 0 Å². The number of aliphatic imine (C=N–C) groups is 1. The summed E-state index contributed by atoms with van der Waals surface area (Å²) >= 11 is 6.25. The molecule has 0 aliphatic carbocycles. The first-order valence-corrected chi connectivity index (χ1v) is 9.61. The topological polar surface area (TPSA) is 48.7 Å². The lowest BCUT2D eigenvalue weighted by atomic mass is 9.90. The summed E-state index contributed by atoms with van der Waals surface area (Å²) in [5.41, 5.74) is 2.24. The fraction of sp³-hybridized carbons (Fsp3) is 0.474. The zero-order valence-corrected chi connectivity index (χ0v) is 15.7. The average Bonchev–Trinajstić information content (AvgIpc) is 3.27. The fourth-order valence-corrected chi connectivity index (χ4v) is 4.62. The largest absolute Gasteiger partial charge is 0.362 e. The molecule has 1 N–H and O–H groups in total. The van der Waals surface area contributed by atoms with Crippen LogP contribution in [0.3, 0.4) is 0 Å². The van der Waals surface area contributed by atoms with Crippen LogP contribution in [0.2, 0.25) is 5.02 Å². The number of hydrogen-bond acceptors (Lipinski definition) is 5. The molecule has 0 unspecified atom stereocenters. The number of benzene rings is 1. The minimum absolute atomic E-state index is 0.0504. The van der Waals surface area contributed by atoms with Gasteiger partial charge in [-0.2, -0.15) is 0 Å². The lowest BCUT2D eigenvalue weighted by Gasteiger charge is -2.52. The van der Waals surface area contributed by atoms with Crippen LogP contribution in [0, 0.1) is 0 Å². The van der Waals surface area contributed by atoms with Crippen LogP contribution in [-0.4, -0.2) is 57.0 Å². The molecule has 0 saturated carbocycles. The van der Waals surface area contributed by atoms with E-state index in [1.807, 2.05) is 24.5 Å². The van der Waals surface area contributed by atoms with E-state index < -0.39 is 0 Å². The number of amidine groups is 1. The van der Waals surface area contributed by atoms with E-state index in [2.05, 4.69) is 37.8 Å². The van der Waals surface area contributed by atoms with Gasteiger partial charge in [0.1, 0.15) is 17.3 Å². The van der Waals surface area contributed by atoms with E-state index in [1.54, 1.807) is 0 Å². The van der Waals surface area contributed by atoms with E-state index in [9.17, 15) is 0 Å². The van der Waals surface area contributed by atoms with Gasteiger partial charge in [-0.25, -0.2) is 4.98 Å². The van der Waals surface area contributed by atoms with E-state index in [-0.39, 0.29) is 5.66 Å². The third-order valence-electron chi connectivity index (χ3n) is 5.92. The Morgan fingerprint density at radius 2 is 2.08 bits per heavy atom. The third kappa shape index (κ3) is 2.51. The second-order valence-corrected chi connectivity index (χ2v) is 7.87. The van der Waals surface area contributed by atoms with Crippen LogP contribution in [0.15, 0.2) is 35.6 Å². The van der Waals surface area contributed by atoms with Crippen molar-refractivity contribution < 1.29 is 0 Å². The summed E-state index contributed by atoms with van der Waals surface area (Å²) in [6.45, 7) is 4.85. The smallest absolute Gasteiger partial charge is 0.134 e. The molecule has 4 heterocycles. The summed E-state index contributed by atoms with van der Waals surface area (Å²) in [6.07, 6.45) is 6.00. The second-order valence-electron chi connectivity index (χ2n) is 7.43. The third-order valence-corrected chi connectivity index (χ3v) is 6.15. The quantitative estimate of drug-likeness (QED) is 0.882. The molecule has 1 saturated heterocycles. The van der Waals surface area contributed by atoms with Crippen LogP contribution < -0.4 is 5.32 Å². The van der Waals surface area contributed by atoms with Crippen LogP contribution in [0.1, 0.15) is 24.2 Å². The zero-order valence-electron chi connectivity index (χ0n) is 15.0. The Hall–Kier alpha value is -2.05. The first-order chi connectivity index (χ1) is 12.6. The van der Waals surface area contributed by atoms with Crippen LogP contribution in [0.5, 0.6) is 0 Å². The van der Waals surface area contributed by atoms with Crippen molar-refractivity contribution in [3.05, 3.63) is 47.0 Å². The zero-order chi connectivity index (χ0) is 17.7. The molecule has 26 heavy (non-hydrogen) atoms. The molecule has 0 amide bonds. The molecular formula is C19H23ClN6. The molecule has 1 fully saturated rings. The molecule has 0 atom stereocenters. The summed E-state index contributed by atoms with van der Waals surface area (Å²) < 4.78 is 2.10. The van der Waals surface area contributed by atoms with E-state index in [0.717, 1.165) is 67.9 Å². The van der Waals surface area contributed by atoms with Crippen molar-refractivity contribution in [2.24, 2.45) is 12.0 Å². The van der Waals surface area contributed by atoms with Gasteiger partial charge in [-0.15, -0.1) is 0 Å². The van der Waals surface area contributed by atoms with Gasteiger partial charge in [0.25, 0.3) is 0 Å². The number of nitrogens with zero attached hydrogens (tertiary/aromatic N) is 5. The second kappa shape index (κ2) is 5.99. The van der Waals surface area contributed by atoms with Crippen molar-refractivity contribution >= 4 is 23.1 Å². The van der Waals surface area contributed by atoms with Gasteiger partial charge in [-0.05, 0) is 18.2 Å². The first kappa shape index (κ1) is 16.1. The number of hydrogen-bond donors (Lipinski definition) is 1. The predicted molar refractivity (Wildman–Crippen MR) is 104 cm³/mol. The molecule has 1 aromatic heterocycles. The van der Waals surface area contributed by atoms with Crippen molar-refractivity contribution in [2.45, 2.75) is 25.0 Å². The fourth-order valence-electron chi connectivity index (χ4n) is 4.45. The number of halogens is 1. The summed E-state index contributed by atoms with van der Waals surface area (Å²) in [6, 6.07) is 6.08. The lowest BCUT2D eigenvalue weighted by molar-refractivity contribution is 0.0876. The molecule has 3 aliphatic heterocycles. The SMILES string of the molecule is Cn1ccnc1CN1CCC2(CC1)Nc1cc(Cl)ccc1C1=NCCN12. The molecule has 1 spiro atoms. The lowest BCUT2D eigenvalue weighted by Crippen LogP contribution is -2.63. The summed E-state index contributed by atoms with van der Waals surface area (Å²) in [5.74, 6) is 2.26. The number of aryl methyl sites for hydroxylation is 1. The van der Waals surface area contributed by atoms with Gasteiger partial charge in [0.15, 0.2) is 0 Å². The Kier molecular flexibility index (Phi) is 3.72. The van der Waals surface area contributed by atoms with Crippen molar-refractivity contribution in [3.8, 4) is 0 Å². The van der Waals surface area contributed by atoms with Crippen molar-refractivity contribution in [1.29, 1.82) is 0 Å². The highest BCUT2D eigenvalue weighted by atomic mass is 35.5. The Bertz CT molecular complexity index is 865. The molecule has 7 heteroatoms. The number of rotatable bonds is 2. The van der Waals surface area contributed by atoms with Gasteiger partial charge >= 0.3 is 0 Å². The molecule has 6 nitrogen and oxygen atoms in total. The maximum atomic E-state index is 6.25. The van der Waals surface area contributed by atoms with Gasteiger partial charge in [-0.1, -0.05) is 11.6 Å².